The Morgan fingerprint density at radius 3 is 2.89 bits per heavy atom. The summed E-state index contributed by atoms with van der Waals surface area (Å²) in [5.74, 6) is 0.292. The van der Waals surface area contributed by atoms with Crippen molar-refractivity contribution in [2.24, 2.45) is 0 Å². The number of hydrogen-bond donors (Lipinski definition) is 1. The smallest absolute Gasteiger partial charge is 0.418 e. The first-order valence-corrected chi connectivity index (χ1v) is 6.85. The summed E-state index contributed by atoms with van der Waals surface area (Å²) >= 11 is 0. The largest absolute Gasteiger partial charge is 0.426 e. The Bertz CT molecular complexity index is 586. The fraction of sp³-hybridized carbons (Fsp3) is 0.625. The van der Waals surface area contributed by atoms with E-state index in [0.717, 1.165) is 6.39 Å². The van der Waals surface area contributed by atoms with Crippen LogP contribution in [0.1, 0.15) is 24.8 Å². The van der Waals surface area contributed by atoms with Crippen molar-refractivity contribution in [1.82, 2.24) is 20.2 Å². The third-order valence-corrected chi connectivity index (χ3v) is 3.51. The molecule has 0 aliphatic carbocycles. The summed E-state index contributed by atoms with van der Waals surface area (Å²) < 4.78 is 39.4. The van der Waals surface area contributed by atoms with Crippen molar-refractivity contribution in [2.75, 3.05) is 6.54 Å². The lowest BCUT2D eigenvalue weighted by Gasteiger charge is -2.27. The van der Waals surface area contributed by atoms with Crippen LogP contribution < -0.4 is 0 Å². The number of urea groups is 1. The molecule has 19 heavy (non-hydrogen) atoms. The van der Waals surface area contributed by atoms with Gasteiger partial charge in [-0.3, -0.25) is 4.55 Å². The number of hydrogen-bond acceptors (Lipinski definition) is 7. The van der Waals surface area contributed by atoms with Crippen molar-refractivity contribution in [2.45, 2.75) is 24.9 Å². The lowest BCUT2D eigenvalue weighted by molar-refractivity contribution is -0.0317. The number of carbonyl (C=O) groups excluding carboxylic acids is 1. The molecule has 2 bridgehead atoms. The van der Waals surface area contributed by atoms with Crippen LogP contribution in [0.5, 0.6) is 0 Å². The fourth-order valence-electron chi connectivity index (χ4n) is 2.42. The van der Waals surface area contributed by atoms with Gasteiger partial charge >= 0.3 is 16.4 Å². The second-order valence-electron chi connectivity index (χ2n) is 4.29. The van der Waals surface area contributed by atoms with E-state index in [4.69, 9.17) is 8.97 Å². The molecule has 2 aliphatic heterocycles. The molecular formula is C8H10N4O6S. The van der Waals surface area contributed by atoms with Crippen molar-refractivity contribution in [3.05, 3.63) is 12.3 Å². The van der Waals surface area contributed by atoms with Gasteiger partial charge in [0.15, 0.2) is 0 Å². The van der Waals surface area contributed by atoms with E-state index in [0.29, 0.717) is 23.8 Å². The van der Waals surface area contributed by atoms with Crippen LogP contribution in [0.25, 0.3) is 0 Å². The number of fused-ring (bicyclic) bond motifs is 2. The molecule has 0 radical (unpaired) electrons. The van der Waals surface area contributed by atoms with Gasteiger partial charge < -0.3 is 9.32 Å². The van der Waals surface area contributed by atoms with Crippen LogP contribution in [0, 0.1) is 0 Å². The average Bonchev–Trinajstić information content (AvgIpc) is 2.93. The van der Waals surface area contributed by atoms with Gasteiger partial charge in [0.05, 0.1) is 6.04 Å². The Kier molecular flexibility index (Phi) is 2.69. The summed E-state index contributed by atoms with van der Waals surface area (Å²) in [5.41, 5.74) is 0. The molecule has 0 aromatic carbocycles. The number of hydroxylamine groups is 2. The van der Waals surface area contributed by atoms with Crippen LogP contribution in [0.15, 0.2) is 10.8 Å². The van der Waals surface area contributed by atoms with Crippen LogP contribution in [0.4, 0.5) is 4.79 Å². The van der Waals surface area contributed by atoms with Gasteiger partial charge in [0.25, 0.3) is 0 Å². The summed E-state index contributed by atoms with van der Waals surface area (Å²) in [7, 11) is -4.72. The number of aromatic nitrogens is 2. The topological polar surface area (TPSA) is 126 Å². The zero-order valence-electron chi connectivity index (χ0n) is 9.54. The molecule has 11 heteroatoms. The third-order valence-electron chi connectivity index (χ3n) is 3.16. The minimum Gasteiger partial charge on any atom is -0.426 e. The number of rotatable bonds is 3. The third kappa shape index (κ3) is 2.15. The molecule has 1 aromatic heterocycles. The van der Waals surface area contributed by atoms with E-state index in [9.17, 15) is 13.2 Å². The van der Waals surface area contributed by atoms with Gasteiger partial charge in [-0.1, -0.05) is 0 Å². The predicted molar refractivity (Wildman–Crippen MR) is 56.6 cm³/mol. The molecule has 2 aliphatic rings. The molecule has 104 valence electrons. The second-order valence-corrected chi connectivity index (χ2v) is 5.29. The van der Waals surface area contributed by atoms with Gasteiger partial charge in [-0.05, 0) is 12.8 Å². The molecule has 2 saturated heterocycles. The van der Waals surface area contributed by atoms with Crippen molar-refractivity contribution in [3.8, 4) is 0 Å². The second kappa shape index (κ2) is 4.15. The molecule has 1 aromatic rings. The Balaban J connectivity index is 1.84. The molecule has 2 atom stereocenters. The monoisotopic (exact) mass is 290 g/mol. The highest BCUT2D eigenvalue weighted by Crippen LogP contribution is 2.37. The molecule has 3 rings (SSSR count). The molecule has 1 unspecified atom stereocenters. The molecule has 10 nitrogen and oxygen atoms in total. The number of nitrogens with zero attached hydrogens (tertiary/aromatic N) is 4. The van der Waals surface area contributed by atoms with Gasteiger partial charge in [0, 0.05) is 6.54 Å². The Morgan fingerprint density at radius 2 is 2.26 bits per heavy atom. The quantitative estimate of drug-likeness (QED) is 0.755. The van der Waals surface area contributed by atoms with Crippen LogP contribution >= 0.6 is 0 Å². The van der Waals surface area contributed by atoms with Gasteiger partial charge in [-0.15, -0.1) is 14.5 Å². The summed E-state index contributed by atoms with van der Waals surface area (Å²) in [6.45, 7) is 0.279. The van der Waals surface area contributed by atoms with Crippen molar-refractivity contribution >= 4 is 16.4 Å². The zero-order chi connectivity index (χ0) is 13.6. The Labute approximate surface area is 107 Å². The summed E-state index contributed by atoms with van der Waals surface area (Å²) in [6.07, 6.45) is 2.21. The molecule has 1 N–H and O–H groups in total. The van der Waals surface area contributed by atoms with Gasteiger partial charge in [0.1, 0.15) is 6.04 Å². The fourth-order valence-corrected chi connectivity index (χ4v) is 2.80. The maximum Gasteiger partial charge on any atom is 0.418 e. The first-order chi connectivity index (χ1) is 8.96. The predicted octanol–water partition coefficient (Wildman–Crippen LogP) is -0.255. The maximum atomic E-state index is 12.0. The lowest BCUT2D eigenvalue weighted by atomic mass is 10.0. The van der Waals surface area contributed by atoms with Crippen LogP contribution in [-0.2, 0) is 14.7 Å². The SMILES string of the molecule is O=C1N(OS(=O)(=O)O)C2CC[C@@H](c3nnco3)N1C2. The molecule has 0 spiro atoms. The minimum absolute atomic E-state index is 0.279. The van der Waals surface area contributed by atoms with E-state index >= 15 is 0 Å². The van der Waals surface area contributed by atoms with E-state index in [2.05, 4.69) is 14.5 Å². The number of piperidine rings is 1. The molecule has 2 fully saturated rings. The van der Waals surface area contributed by atoms with E-state index in [1.807, 2.05) is 0 Å². The standard InChI is InChI=1S/C8H10N4O6S/c13-8-11-3-5(12(8)18-19(14,15)16)1-2-6(11)7-10-9-4-17-7/h4-6H,1-3H2,(H,14,15,16)/t5?,6-/m0/s1. The van der Waals surface area contributed by atoms with Gasteiger partial charge in [-0.2, -0.15) is 13.5 Å². The highest BCUT2D eigenvalue weighted by molar-refractivity contribution is 7.80. The Hall–Kier alpha value is -1.72. The summed E-state index contributed by atoms with van der Waals surface area (Å²) in [6, 6.07) is -1.47. The van der Waals surface area contributed by atoms with Crippen molar-refractivity contribution < 1.29 is 26.5 Å². The number of amides is 2. The highest BCUT2D eigenvalue weighted by atomic mass is 32.3. The molecule has 2 amide bonds. The van der Waals surface area contributed by atoms with Gasteiger partial charge in [-0.25, -0.2) is 4.79 Å². The normalized spacial score (nSPS) is 27.1. The van der Waals surface area contributed by atoms with E-state index < -0.39 is 28.5 Å². The van der Waals surface area contributed by atoms with E-state index in [-0.39, 0.29) is 6.54 Å². The molecule has 0 saturated carbocycles. The average molecular weight is 290 g/mol. The molecular weight excluding hydrogens is 280 g/mol. The first kappa shape index (κ1) is 12.3. The zero-order valence-corrected chi connectivity index (χ0v) is 10.4. The van der Waals surface area contributed by atoms with Gasteiger partial charge in [0.2, 0.25) is 12.3 Å². The number of carbonyl (C=O) groups is 1. The van der Waals surface area contributed by atoms with Crippen molar-refractivity contribution in [1.29, 1.82) is 0 Å². The summed E-state index contributed by atoms with van der Waals surface area (Å²) in [5, 5.41) is 7.97. The van der Waals surface area contributed by atoms with Crippen LogP contribution in [0.3, 0.4) is 0 Å². The van der Waals surface area contributed by atoms with Crippen molar-refractivity contribution in [3.63, 3.8) is 0 Å². The van der Waals surface area contributed by atoms with E-state index in [1.54, 1.807) is 0 Å². The first-order valence-electron chi connectivity index (χ1n) is 5.48. The van der Waals surface area contributed by atoms with Crippen LogP contribution in [0.2, 0.25) is 0 Å². The minimum atomic E-state index is -4.72. The van der Waals surface area contributed by atoms with Crippen LogP contribution in [-0.4, -0.2) is 51.7 Å². The maximum absolute atomic E-state index is 12.0. The van der Waals surface area contributed by atoms with E-state index in [1.165, 1.54) is 4.90 Å². The summed E-state index contributed by atoms with van der Waals surface area (Å²) in [4.78, 5) is 13.4. The molecule has 3 heterocycles. The highest BCUT2D eigenvalue weighted by Gasteiger charge is 2.48. The lowest BCUT2D eigenvalue weighted by Crippen LogP contribution is -2.35. The Morgan fingerprint density at radius 1 is 1.47 bits per heavy atom.